The number of benzene rings is 2. The molecular formula is C24H29ClN2O. The van der Waals surface area contributed by atoms with Gasteiger partial charge in [-0.2, -0.15) is 0 Å². The van der Waals surface area contributed by atoms with Gasteiger partial charge < -0.3 is 10.1 Å². The number of aliphatic imine (C=N–C) groups is 1. The first-order chi connectivity index (χ1) is 13.2. The number of amidine groups is 1. The number of rotatable bonds is 7. The van der Waals surface area contributed by atoms with Crippen molar-refractivity contribution in [3.63, 3.8) is 0 Å². The number of halogens is 1. The molecule has 5 rings (SSSR count). The average molecular weight is 397 g/mol. The zero-order chi connectivity index (χ0) is 18.3. The lowest BCUT2D eigenvalue weighted by atomic mass is 9.82. The van der Waals surface area contributed by atoms with Crippen molar-refractivity contribution in [2.24, 2.45) is 16.8 Å². The number of hydrogen-bond acceptors (Lipinski definition) is 3. The Bertz CT molecular complexity index is 805. The topological polar surface area (TPSA) is 33.6 Å². The van der Waals surface area contributed by atoms with Crippen LogP contribution in [0.3, 0.4) is 0 Å². The number of ether oxygens (including phenoxy) is 1. The largest absolute Gasteiger partial charge is 0.370 e. The van der Waals surface area contributed by atoms with Crippen molar-refractivity contribution in [2.75, 3.05) is 6.61 Å². The zero-order valence-corrected chi connectivity index (χ0v) is 17.2. The van der Waals surface area contributed by atoms with Gasteiger partial charge in [0.05, 0.1) is 12.1 Å². The van der Waals surface area contributed by atoms with Crippen LogP contribution in [0.1, 0.15) is 49.8 Å². The van der Waals surface area contributed by atoms with Gasteiger partial charge in [-0.1, -0.05) is 60.7 Å². The number of nitrogens with one attached hydrogen (secondary N) is 1. The molecule has 0 amide bonds. The molecule has 0 radical (unpaired) electrons. The summed E-state index contributed by atoms with van der Waals surface area (Å²) in [6.07, 6.45) is 5.82. The molecule has 2 atom stereocenters. The molecule has 4 heteroatoms. The molecule has 1 N–H and O–H groups in total. The summed E-state index contributed by atoms with van der Waals surface area (Å²) in [5.41, 5.74) is 2.18. The van der Waals surface area contributed by atoms with E-state index >= 15 is 0 Å². The molecule has 0 bridgehead atoms. The van der Waals surface area contributed by atoms with E-state index in [1.807, 2.05) is 0 Å². The minimum Gasteiger partial charge on any atom is -0.370 e. The minimum atomic E-state index is -0.323. The maximum Gasteiger partial charge on any atom is 0.124 e. The molecular weight excluding hydrogens is 368 g/mol. The van der Waals surface area contributed by atoms with Crippen molar-refractivity contribution < 1.29 is 4.74 Å². The smallest absolute Gasteiger partial charge is 0.124 e. The van der Waals surface area contributed by atoms with Crippen molar-refractivity contribution >= 4 is 18.2 Å². The summed E-state index contributed by atoms with van der Waals surface area (Å²) in [5, 5.41) is 3.70. The van der Waals surface area contributed by atoms with Crippen LogP contribution in [-0.4, -0.2) is 18.5 Å². The Hall–Kier alpha value is -1.84. The Morgan fingerprint density at radius 2 is 1.54 bits per heavy atom. The van der Waals surface area contributed by atoms with Gasteiger partial charge in [-0.3, -0.25) is 4.99 Å². The Balaban J connectivity index is 0.00000192. The summed E-state index contributed by atoms with van der Waals surface area (Å²) in [7, 11) is 0. The first-order valence-electron chi connectivity index (χ1n) is 10.3. The van der Waals surface area contributed by atoms with Gasteiger partial charge in [0, 0.05) is 0 Å². The van der Waals surface area contributed by atoms with Gasteiger partial charge in [0.25, 0.3) is 0 Å². The van der Waals surface area contributed by atoms with Crippen molar-refractivity contribution in [3.05, 3.63) is 71.8 Å². The lowest BCUT2D eigenvalue weighted by molar-refractivity contribution is 0.0469. The van der Waals surface area contributed by atoms with Gasteiger partial charge >= 0.3 is 0 Å². The zero-order valence-electron chi connectivity index (χ0n) is 16.4. The van der Waals surface area contributed by atoms with Gasteiger partial charge in [0.1, 0.15) is 18.0 Å². The Morgan fingerprint density at radius 1 is 0.964 bits per heavy atom. The monoisotopic (exact) mass is 396 g/mol. The average Bonchev–Trinajstić information content (AvgIpc) is 3.63. The highest BCUT2D eigenvalue weighted by atomic mass is 35.5. The summed E-state index contributed by atoms with van der Waals surface area (Å²) >= 11 is 0. The maximum atomic E-state index is 6.39. The summed E-state index contributed by atoms with van der Waals surface area (Å²) in [6, 6.07) is 21.4. The van der Waals surface area contributed by atoms with Crippen LogP contribution >= 0.6 is 12.4 Å². The highest BCUT2D eigenvalue weighted by Gasteiger charge is 2.45. The Labute approximate surface area is 174 Å². The van der Waals surface area contributed by atoms with Crippen LogP contribution in [0, 0.1) is 11.8 Å². The third-order valence-corrected chi connectivity index (χ3v) is 6.32. The van der Waals surface area contributed by atoms with Crippen LogP contribution < -0.4 is 5.32 Å². The van der Waals surface area contributed by atoms with Crippen molar-refractivity contribution in [1.82, 2.24) is 5.32 Å². The predicted octanol–water partition coefficient (Wildman–Crippen LogP) is 5.27. The molecule has 2 aromatic rings. The fourth-order valence-electron chi connectivity index (χ4n) is 4.50. The lowest BCUT2D eigenvalue weighted by Gasteiger charge is -2.30. The molecule has 0 aromatic heterocycles. The first kappa shape index (κ1) is 19.5. The second kappa shape index (κ2) is 7.88. The SMILES string of the molecule is CC1(c2ccccc2)N=C(COC(C2CC2)C2CC2)NC1c1ccccc1.Cl. The van der Waals surface area contributed by atoms with Crippen LogP contribution in [0.2, 0.25) is 0 Å². The maximum absolute atomic E-state index is 6.39. The van der Waals surface area contributed by atoms with Gasteiger partial charge in [-0.05, 0) is 55.6 Å². The number of hydrogen-bond donors (Lipinski definition) is 1. The van der Waals surface area contributed by atoms with Gasteiger partial charge in [0.15, 0.2) is 0 Å². The molecule has 28 heavy (non-hydrogen) atoms. The summed E-state index contributed by atoms with van der Waals surface area (Å²) in [4.78, 5) is 5.16. The van der Waals surface area contributed by atoms with E-state index in [1.165, 1.54) is 36.8 Å². The summed E-state index contributed by atoms with van der Waals surface area (Å²) in [5.74, 6) is 2.58. The second-order valence-corrected chi connectivity index (χ2v) is 8.51. The van der Waals surface area contributed by atoms with E-state index in [1.54, 1.807) is 0 Å². The van der Waals surface area contributed by atoms with E-state index in [-0.39, 0.29) is 24.0 Å². The van der Waals surface area contributed by atoms with E-state index in [9.17, 15) is 0 Å². The Kier molecular flexibility index (Phi) is 5.48. The van der Waals surface area contributed by atoms with Crippen molar-refractivity contribution in [2.45, 2.75) is 50.3 Å². The molecule has 3 aliphatic rings. The second-order valence-electron chi connectivity index (χ2n) is 8.51. The van der Waals surface area contributed by atoms with E-state index < -0.39 is 0 Å². The van der Waals surface area contributed by atoms with Crippen LogP contribution in [-0.2, 0) is 10.3 Å². The number of nitrogens with zero attached hydrogens (tertiary/aromatic N) is 1. The minimum absolute atomic E-state index is 0. The first-order valence-corrected chi connectivity index (χ1v) is 10.3. The van der Waals surface area contributed by atoms with Crippen LogP contribution in [0.4, 0.5) is 0 Å². The van der Waals surface area contributed by atoms with E-state index in [0.29, 0.717) is 12.7 Å². The molecule has 2 fully saturated rings. The van der Waals surface area contributed by atoms with Crippen molar-refractivity contribution in [1.29, 1.82) is 0 Å². The highest BCUT2D eigenvalue weighted by Crippen LogP contribution is 2.47. The van der Waals surface area contributed by atoms with Crippen LogP contribution in [0.5, 0.6) is 0 Å². The fourth-order valence-corrected chi connectivity index (χ4v) is 4.50. The molecule has 2 unspecified atom stereocenters. The molecule has 148 valence electrons. The fraction of sp³-hybridized carbons (Fsp3) is 0.458. The normalized spacial score (nSPS) is 26.5. The molecule has 3 nitrogen and oxygen atoms in total. The van der Waals surface area contributed by atoms with E-state index in [2.05, 4.69) is 72.9 Å². The quantitative estimate of drug-likeness (QED) is 0.691. The molecule has 2 aromatic carbocycles. The van der Waals surface area contributed by atoms with E-state index in [4.69, 9.17) is 9.73 Å². The Morgan fingerprint density at radius 3 is 2.11 bits per heavy atom. The molecule has 2 aliphatic carbocycles. The molecule has 0 saturated heterocycles. The summed E-state index contributed by atoms with van der Waals surface area (Å²) < 4.78 is 6.39. The van der Waals surface area contributed by atoms with Gasteiger partial charge in [0.2, 0.25) is 0 Å². The highest BCUT2D eigenvalue weighted by molar-refractivity contribution is 5.86. The standard InChI is InChI=1S/C24H28N2O.ClH/c1-24(20-10-6-3-7-11-20)23(19-8-4-2-5-9-19)25-21(26-24)16-27-22(17-12-13-17)18-14-15-18;/h2-11,17-18,22-23H,12-16H2,1H3,(H,25,26);1H. The molecule has 1 aliphatic heterocycles. The third-order valence-electron chi connectivity index (χ3n) is 6.32. The van der Waals surface area contributed by atoms with E-state index in [0.717, 1.165) is 17.7 Å². The van der Waals surface area contributed by atoms with Crippen molar-refractivity contribution in [3.8, 4) is 0 Å². The third kappa shape index (κ3) is 3.83. The predicted molar refractivity (Wildman–Crippen MR) is 116 cm³/mol. The van der Waals surface area contributed by atoms with Crippen LogP contribution in [0.25, 0.3) is 0 Å². The van der Waals surface area contributed by atoms with Crippen LogP contribution in [0.15, 0.2) is 65.7 Å². The van der Waals surface area contributed by atoms with Gasteiger partial charge in [-0.15, -0.1) is 12.4 Å². The van der Waals surface area contributed by atoms with Gasteiger partial charge in [-0.25, -0.2) is 0 Å². The molecule has 0 spiro atoms. The summed E-state index contributed by atoms with van der Waals surface area (Å²) in [6.45, 7) is 2.84. The lowest BCUT2D eigenvalue weighted by Crippen LogP contribution is -2.34. The molecule has 1 heterocycles. The molecule has 2 saturated carbocycles.